The molecular formula is C37H41F2NO9. The Balaban J connectivity index is 1.33. The van der Waals surface area contributed by atoms with Gasteiger partial charge in [-0.3, -0.25) is 0 Å². The van der Waals surface area contributed by atoms with Crippen LogP contribution in [0.4, 0.5) is 8.78 Å². The highest BCUT2D eigenvalue weighted by Gasteiger charge is 2.29. The molecule has 4 aromatic rings. The second-order valence-corrected chi connectivity index (χ2v) is 11.9. The van der Waals surface area contributed by atoms with Gasteiger partial charge < -0.3 is 49.8 Å². The molecule has 0 amide bonds. The van der Waals surface area contributed by atoms with Gasteiger partial charge in [-0.1, -0.05) is 24.3 Å². The Morgan fingerprint density at radius 1 is 0.755 bits per heavy atom. The summed E-state index contributed by atoms with van der Waals surface area (Å²) in [5.41, 5.74) is 5.50. The number of aryl methyl sites for hydroxylation is 1. The molecule has 1 aliphatic rings. The fourth-order valence-corrected chi connectivity index (χ4v) is 5.51. The van der Waals surface area contributed by atoms with E-state index in [1.165, 1.54) is 6.07 Å². The molecule has 0 spiro atoms. The van der Waals surface area contributed by atoms with Gasteiger partial charge in [-0.05, 0) is 72.0 Å². The monoisotopic (exact) mass is 681 g/mol. The molecule has 262 valence electrons. The minimum atomic E-state index is -1.75. The largest absolute Gasteiger partial charge is 0.488 e. The molecule has 0 saturated carbocycles. The lowest BCUT2D eigenvalue weighted by Crippen LogP contribution is -2.48. The van der Waals surface area contributed by atoms with Gasteiger partial charge in [0.1, 0.15) is 67.9 Å². The number of nitrogens with one attached hydrogen (secondary N) is 1. The fraction of sp³-hybridized carbons (Fsp3) is 0.351. The second kappa shape index (κ2) is 16.4. The fourth-order valence-electron chi connectivity index (χ4n) is 5.51. The molecule has 0 aliphatic carbocycles. The van der Waals surface area contributed by atoms with E-state index in [4.69, 9.17) is 24.1 Å². The third-order valence-corrected chi connectivity index (χ3v) is 8.43. The first-order valence-corrected chi connectivity index (χ1v) is 15.9. The maximum atomic E-state index is 14.4. The van der Waals surface area contributed by atoms with Crippen LogP contribution >= 0.6 is 0 Å². The van der Waals surface area contributed by atoms with Crippen LogP contribution in [0.1, 0.15) is 27.8 Å². The van der Waals surface area contributed by atoms with E-state index in [1.807, 2.05) is 56.3 Å². The predicted octanol–water partition coefficient (Wildman–Crippen LogP) is 3.70. The van der Waals surface area contributed by atoms with E-state index in [0.29, 0.717) is 41.8 Å². The molecule has 0 unspecified atom stereocenters. The zero-order valence-corrected chi connectivity index (χ0v) is 27.2. The molecule has 5 rings (SSSR count). The van der Waals surface area contributed by atoms with Gasteiger partial charge in [0.15, 0.2) is 11.5 Å². The molecule has 0 radical (unpaired) electrons. The first-order valence-electron chi connectivity index (χ1n) is 15.9. The highest BCUT2D eigenvalue weighted by molar-refractivity contribution is 5.71. The summed E-state index contributed by atoms with van der Waals surface area (Å²) in [5.74, 6) is 0.808. The van der Waals surface area contributed by atoms with Crippen molar-refractivity contribution in [2.45, 2.75) is 58.0 Å². The zero-order valence-electron chi connectivity index (χ0n) is 27.2. The number of fused-ring (bicyclic) bond motifs is 1. The van der Waals surface area contributed by atoms with Gasteiger partial charge in [0.05, 0.1) is 12.7 Å². The third kappa shape index (κ3) is 8.84. The van der Waals surface area contributed by atoms with Crippen molar-refractivity contribution in [3.05, 3.63) is 106 Å². The Morgan fingerprint density at radius 3 is 2.22 bits per heavy atom. The summed E-state index contributed by atoms with van der Waals surface area (Å²) in [6.07, 6.45) is -6.57. The number of aliphatic hydroxyl groups is 5. The van der Waals surface area contributed by atoms with E-state index in [0.717, 1.165) is 39.9 Å². The average molecular weight is 682 g/mol. The van der Waals surface area contributed by atoms with Crippen molar-refractivity contribution in [1.82, 2.24) is 5.32 Å². The normalized spacial score (nSPS) is 15.0. The van der Waals surface area contributed by atoms with Gasteiger partial charge >= 0.3 is 0 Å². The molecule has 0 aromatic heterocycles. The first kappa shape index (κ1) is 36.0. The molecular weight excluding hydrogens is 640 g/mol. The molecule has 0 fully saturated rings. The number of benzene rings is 4. The van der Waals surface area contributed by atoms with Crippen LogP contribution in [0.25, 0.3) is 11.1 Å². The van der Waals surface area contributed by atoms with Gasteiger partial charge in [0.25, 0.3) is 0 Å². The lowest BCUT2D eigenvalue weighted by molar-refractivity contribution is -0.114. The van der Waals surface area contributed by atoms with Crippen molar-refractivity contribution in [3.8, 4) is 34.1 Å². The topological polar surface area (TPSA) is 150 Å². The van der Waals surface area contributed by atoms with Crippen LogP contribution < -0.4 is 24.3 Å². The van der Waals surface area contributed by atoms with Gasteiger partial charge in [-0.2, -0.15) is 0 Å². The van der Waals surface area contributed by atoms with Crippen molar-refractivity contribution < 1.29 is 53.3 Å². The van der Waals surface area contributed by atoms with Gasteiger partial charge in [0, 0.05) is 36.3 Å². The number of hydrogen-bond donors (Lipinski definition) is 6. The molecule has 10 nitrogen and oxygen atoms in total. The molecule has 49 heavy (non-hydrogen) atoms. The molecule has 4 aromatic carbocycles. The molecule has 0 bridgehead atoms. The van der Waals surface area contributed by atoms with Crippen LogP contribution in [0.5, 0.6) is 23.0 Å². The van der Waals surface area contributed by atoms with E-state index in [2.05, 4.69) is 5.32 Å². The lowest BCUT2D eigenvalue weighted by atomic mass is 9.96. The lowest BCUT2D eigenvalue weighted by Gasteiger charge is -2.26. The quantitative estimate of drug-likeness (QED) is 0.110. The van der Waals surface area contributed by atoms with Crippen molar-refractivity contribution in [3.63, 3.8) is 0 Å². The maximum Gasteiger partial charge on any atom is 0.161 e. The molecule has 6 N–H and O–H groups in total. The Bertz CT molecular complexity index is 1740. The highest BCUT2D eigenvalue weighted by atomic mass is 19.1. The summed E-state index contributed by atoms with van der Waals surface area (Å²) in [6, 6.07) is 18.5. The van der Waals surface area contributed by atoms with E-state index >= 15 is 0 Å². The van der Waals surface area contributed by atoms with Crippen molar-refractivity contribution in [2.24, 2.45) is 0 Å². The van der Waals surface area contributed by atoms with Crippen LogP contribution in [0.3, 0.4) is 0 Å². The number of ether oxygens (including phenoxy) is 4. The van der Waals surface area contributed by atoms with Gasteiger partial charge in [0.2, 0.25) is 0 Å². The van der Waals surface area contributed by atoms with Crippen LogP contribution in [0.15, 0.2) is 66.7 Å². The minimum absolute atomic E-state index is 0.126. The van der Waals surface area contributed by atoms with Crippen molar-refractivity contribution in [1.29, 1.82) is 0 Å². The van der Waals surface area contributed by atoms with Crippen LogP contribution in [0, 0.1) is 25.5 Å². The maximum absolute atomic E-state index is 14.4. The minimum Gasteiger partial charge on any atom is -0.488 e. The Labute approximate surface area is 283 Å². The molecule has 1 aliphatic heterocycles. The van der Waals surface area contributed by atoms with Crippen LogP contribution in [-0.2, 0) is 19.8 Å². The molecule has 1 heterocycles. The summed E-state index contributed by atoms with van der Waals surface area (Å²) < 4.78 is 51.6. The predicted molar refractivity (Wildman–Crippen MR) is 177 cm³/mol. The number of aliphatic hydroxyl groups excluding tert-OH is 5. The SMILES string of the molecule is Cc1cc(CNC[C@H](O)[C@@H](O)[C@H](O)[C@H](O)CO)c(OCc2ccc(F)cc2F)cc1OCc1cccc(-c2ccc3c(c2)OCCO3)c1C. The average Bonchev–Trinajstić information content (AvgIpc) is 3.10. The van der Waals surface area contributed by atoms with Gasteiger partial charge in [-0.15, -0.1) is 0 Å². The van der Waals surface area contributed by atoms with Crippen molar-refractivity contribution in [2.75, 3.05) is 26.4 Å². The summed E-state index contributed by atoms with van der Waals surface area (Å²) >= 11 is 0. The molecule has 0 saturated heterocycles. The van der Waals surface area contributed by atoms with Crippen LogP contribution in [0.2, 0.25) is 0 Å². The first-order chi connectivity index (χ1) is 23.5. The molecule has 12 heteroatoms. The smallest absolute Gasteiger partial charge is 0.161 e. The van der Waals surface area contributed by atoms with E-state index in [9.17, 15) is 29.2 Å². The number of hydrogen-bond acceptors (Lipinski definition) is 10. The number of rotatable bonds is 15. The van der Waals surface area contributed by atoms with Crippen molar-refractivity contribution >= 4 is 0 Å². The zero-order chi connectivity index (χ0) is 35.1. The summed E-state index contributed by atoms with van der Waals surface area (Å²) in [5, 5.41) is 52.0. The molecule has 4 atom stereocenters. The number of halogens is 2. The second-order valence-electron chi connectivity index (χ2n) is 11.9. The Hall–Kier alpha value is -4.30. The van der Waals surface area contributed by atoms with E-state index in [1.54, 1.807) is 6.07 Å². The van der Waals surface area contributed by atoms with Crippen LogP contribution in [-0.4, -0.2) is 76.3 Å². The van der Waals surface area contributed by atoms with E-state index in [-0.39, 0.29) is 31.9 Å². The summed E-state index contributed by atoms with van der Waals surface area (Å²) in [4.78, 5) is 0. The summed E-state index contributed by atoms with van der Waals surface area (Å²) in [6.45, 7) is 4.08. The standard InChI is InChI=1S/C37H41F2NO9/c1-21-12-26(16-40-17-30(42)36(44)37(45)31(43)18-41)34(49-20-25-6-8-27(38)14-29(25)39)15-33(21)48-19-24-4-3-5-28(22(24)2)23-7-9-32-35(13-23)47-11-10-46-32/h3-9,12-15,30-31,36-37,40-45H,10-11,16-20H2,1-2H3/t30-,31+,36+,37+/m0/s1. The van der Waals surface area contributed by atoms with Gasteiger partial charge in [-0.25, -0.2) is 8.78 Å². The summed E-state index contributed by atoms with van der Waals surface area (Å²) in [7, 11) is 0. The van der Waals surface area contributed by atoms with E-state index < -0.39 is 42.7 Å². The Kier molecular flexibility index (Phi) is 12.0. The highest BCUT2D eigenvalue weighted by Crippen LogP contribution is 2.37. The Morgan fingerprint density at radius 2 is 1.47 bits per heavy atom. The third-order valence-electron chi connectivity index (χ3n) is 8.43.